The minimum atomic E-state index is -4.64. The van der Waals surface area contributed by atoms with Crippen LogP contribution in [0.25, 0.3) is 0 Å². The molecule has 21 N–H and O–H groups in total. The molecule has 0 spiro atoms. The van der Waals surface area contributed by atoms with Crippen molar-refractivity contribution >= 4 is 7.82 Å². The zero-order chi connectivity index (χ0) is 4.50. The number of hydrogen-bond donors (Lipinski definition) is 3. The lowest BCUT2D eigenvalue weighted by Gasteiger charge is -1.82. The minimum absolute atomic E-state index is 0. The molecule has 0 radical (unpaired) electrons. The smallest absolute Gasteiger partial charge is 0.412 e. The van der Waals surface area contributed by atoms with Crippen molar-refractivity contribution in [2.75, 3.05) is 0 Å². The molecule has 0 aliphatic heterocycles. The summed E-state index contributed by atoms with van der Waals surface area (Å²) >= 11 is 0. The highest BCUT2D eigenvalue weighted by molar-refractivity contribution is 7.45. The third-order valence-electron chi connectivity index (χ3n) is 0. The van der Waals surface area contributed by atoms with E-state index in [9.17, 15) is 0 Å². The van der Waals surface area contributed by atoms with Gasteiger partial charge >= 0.3 is 7.82 Å². The Labute approximate surface area is 77.6 Å². The predicted octanol–water partition coefficient (Wildman–Crippen LogP) is -8.35. The first-order valence-electron chi connectivity index (χ1n) is 0.783. The highest BCUT2D eigenvalue weighted by atomic mass is 31.2. The summed E-state index contributed by atoms with van der Waals surface area (Å²) in [6.07, 6.45) is 0. The number of rotatable bonds is 0. The molecule has 14 heteroatoms. The van der Waals surface area contributed by atoms with E-state index in [2.05, 4.69) is 0 Å². The standard InChI is InChI=1S/H3O4P.9H2O/c1-5(2,3)4;;;;;;;;;/h(H3,1,2,3,4);9*1H2. The van der Waals surface area contributed by atoms with Crippen LogP contribution < -0.4 is 0 Å². The quantitative estimate of drug-likeness (QED) is 0.356. The van der Waals surface area contributed by atoms with E-state index in [0.717, 1.165) is 0 Å². The van der Waals surface area contributed by atoms with Crippen molar-refractivity contribution in [1.82, 2.24) is 0 Å². The van der Waals surface area contributed by atoms with Gasteiger partial charge in [0.2, 0.25) is 0 Å². The third kappa shape index (κ3) is 21700. The van der Waals surface area contributed by atoms with Gasteiger partial charge in [0.25, 0.3) is 0 Å². The summed E-state index contributed by atoms with van der Waals surface area (Å²) < 4.78 is 8.88. The Morgan fingerprint density at radius 2 is 0.500 bits per heavy atom. The summed E-state index contributed by atoms with van der Waals surface area (Å²) in [5, 5.41) is 0. The molecule has 0 bridgehead atoms. The van der Waals surface area contributed by atoms with Crippen molar-refractivity contribution in [3.05, 3.63) is 0 Å². The molecule has 0 heterocycles. The van der Waals surface area contributed by atoms with Crippen LogP contribution in [-0.2, 0) is 4.57 Å². The Morgan fingerprint density at radius 1 is 0.500 bits per heavy atom. The largest absolute Gasteiger partial charge is 0.466 e. The summed E-state index contributed by atoms with van der Waals surface area (Å²) in [6, 6.07) is 0. The lowest BCUT2D eigenvalue weighted by Crippen LogP contribution is -1.66. The molecule has 0 fully saturated rings. The van der Waals surface area contributed by atoms with E-state index in [1.807, 2.05) is 0 Å². The van der Waals surface area contributed by atoms with Crippen molar-refractivity contribution in [1.29, 1.82) is 0 Å². The Balaban J connectivity index is -0.00000000222. The normalized spacial score (nSPS) is 4.21. The van der Waals surface area contributed by atoms with Gasteiger partial charge in [0.1, 0.15) is 0 Å². The van der Waals surface area contributed by atoms with E-state index < -0.39 is 7.82 Å². The zero-order valence-electron chi connectivity index (χ0n) is 6.70. The van der Waals surface area contributed by atoms with Crippen LogP contribution in [-0.4, -0.2) is 64.0 Å². The molecule has 0 rings (SSSR count). The molecule has 0 aromatic rings. The van der Waals surface area contributed by atoms with Gasteiger partial charge in [-0.1, -0.05) is 0 Å². The van der Waals surface area contributed by atoms with Crippen molar-refractivity contribution in [2.24, 2.45) is 0 Å². The van der Waals surface area contributed by atoms with Gasteiger partial charge < -0.3 is 64.0 Å². The molecule has 104 valence electrons. The van der Waals surface area contributed by atoms with Gasteiger partial charge in [0.15, 0.2) is 0 Å². The van der Waals surface area contributed by atoms with E-state index in [4.69, 9.17) is 19.2 Å². The minimum Gasteiger partial charge on any atom is -0.412 e. The van der Waals surface area contributed by atoms with E-state index in [1.54, 1.807) is 0 Å². The number of hydrogen-bond acceptors (Lipinski definition) is 1. The van der Waals surface area contributed by atoms with Crippen LogP contribution in [0.3, 0.4) is 0 Å². The van der Waals surface area contributed by atoms with E-state index in [-0.39, 0.29) is 49.3 Å². The first-order valence-corrected chi connectivity index (χ1v) is 2.35. The molecule has 0 saturated carbocycles. The Bertz CT molecular complexity index is 51.4. The van der Waals surface area contributed by atoms with Crippen LogP contribution in [0.15, 0.2) is 0 Å². The van der Waals surface area contributed by atoms with Crippen molar-refractivity contribution in [2.45, 2.75) is 0 Å². The highest BCUT2D eigenvalue weighted by Gasteiger charge is 2.00. The van der Waals surface area contributed by atoms with Gasteiger partial charge in [0.05, 0.1) is 0 Å². The van der Waals surface area contributed by atoms with Crippen LogP contribution in [0.5, 0.6) is 0 Å². The second kappa shape index (κ2) is 53.2. The molecule has 13 nitrogen and oxygen atoms in total. The average molecular weight is 260 g/mol. The van der Waals surface area contributed by atoms with Crippen molar-refractivity contribution in [3.63, 3.8) is 0 Å². The SMILES string of the molecule is O.O.O.O.O.O.O.O.O.O=P(O)(O)O. The average Bonchev–Trinajstić information content (AvgIpc) is 0.722. The Kier molecular flexibility index (Phi) is 604. The maximum absolute atomic E-state index is 8.88. The zero-order valence-corrected chi connectivity index (χ0v) is 7.59. The summed E-state index contributed by atoms with van der Waals surface area (Å²) in [4.78, 5) is 21.6. The van der Waals surface area contributed by atoms with Gasteiger partial charge in [0, 0.05) is 0 Å². The van der Waals surface area contributed by atoms with E-state index in [0.29, 0.717) is 0 Å². The van der Waals surface area contributed by atoms with Crippen LogP contribution in [0.2, 0.25) is 0 Å². The molecule has 14 heavy (non-hydrogen) atoms. The topological polar surface area (TPSA) is 361 Å². The lowest BCUT2D eigenvalue weighted by molar-refractivity contribution is 0.275. The fourth-order valence-electron chi connectivity index (χ4n) is 0. The molecule has 0 amide bonds. The molecule has 0 aliphatic carbocycles. The second-order valence-corrected chi connectivity index (χ2v) is 1.54. The van der Waals surface area contributed by atoms with Crippen LogP contribution >= 0.6 is 7.82 Å². The third-order valence-corrected chi connectivity index (χ3v) is 0. The molecule has 0 aliphatic rings. The molecule has 0 unspecified atom stereocenters. The van der Waals surface area contributed by atoms with Crippen molar-refractivity contribution < 1.29 is 68.5 Å². The maximum atomic E-state index is 8.88. The van der Waals surface area contributed by atoms with Crippen LogP contribution in [0, 0.1) is 0 Å². The van der Waals surface area contributed by atoms with Crippen LogP contribution in [0.4, 0.5) is 0 Å². The van der Waals surface area contributed by atoms with E-state index >= 15 is 0 Å². The maximum Gasteiger partial charge on any atom is 0.466 e. The molecular weight excluding hydrogens is 239 g/mol. The van der Waals surface area contributed by atoms with Gasteiger partial charge in [-0.3, -0.25) is 0 Å². The Hall–Kier alpha value is -0.250. The summed E-state index contributed by atoms with van der Waals surface area (Å²) in [6.45, 7) is 0. The van der Waals surface area contributed by atoms with Gasteiger partial charge in [-0.25, -0.2) is 4.57 Å². The van der Waals surface area contributed by atoms with Crippen molar-refractivity contribution in [3.8, 4) is 0 Å². The first kappa shape index (κ1) is 159. The highest BCUT2D eigenvalue weighted by Crippen LogP contribution is 2.25. The van der Waals surface area contributed by atoms with Gasteiger partial charge in [-0.05, 0) is 0 Å². The monoisotopic (exact) mass is 260 g/mol. The molecule has 0 atom stereocenters. The summed E-state index contributed by atoms with van der Waals surface area (Å²) in [7, 11) is -4.64. The number of phosphoric acid groups is 1. The summed E-state index contributed by atoms with van der Waals surface area (Å²) in [5.74, 6) is 0. The molecule has 0 aromatic heterocycles. The molecular formula is H21O13P. The lowest BCUT2D eigenvalue weighted by atomic mass is 15.8. The molecule has 0 saturated heterocycles. The second-order valence-electron chi connectivity index (χ2n) is 0.513. The van der Waals surface area contributed by atoms with E-state index in [1.165, 1.54) is 0 Å². The first-order chi connectivity index (χ1) is 2.00. The summed E-state index contributed by atoms with van der Waals surface area (Å²) in [5.41, 5.74) is 0. The van der Waals surface area contributed by atoms with Crippen LogP contribution in [0.1, 0.15) is 0 Å². The fourth-order valence-corrected chi connectivity index (χ4v) is 0. The Morgan fingerprint density at radius 3 is 0.500 bits per heavy atom. The fraction of sp³-hybridized carbons (Fsp3) is 0. The predicted molar refractivity (Wildman–Crippen MR) is 46.8 cm³/mol. The van der Waals surface area contributed by atoms with Gasteiger partial charge in [-0.15, -0.1) is 0 Å². The van der Waals surface area contributed by atoms with Gasteiger partial charge in [-0.2, -0.15) is 0 Å². The molecule has 0 aromatic carbocycles.